The number of rotatable bonds is 5. The van der Waals surface area contributed by atoms with E-state index in [1.807, 2.05) is 6.92 Å². The largest absolute Gasteiger partial charge is 0.451 e. The van der Waals surface area contributed by atoms with Crippen molar-refractivity contribution in [3.05, 3.63) is 52.3 Å². The second-order valence-corrected chi connectivity index (χ2v) is 6.49. The number of ether oxygens (including phenoxy) is 1. The van der Waals surface area contributed by atoms with E-state index in [0.29, 0.717) is 22.3 Å². The van der Waals surface area contributed by atoms with Gasteiger partial charge in [-0.1, -0.05) is 12.1 Å². The third-order valence-corrected chi connectivity index (χ3v) is 4.47. The average Bonchev–Trinajstić information content (AvgIpc) is 2.90. The highest BCUT2D eigenvalue weighted by Crippen LogP contribution is 2.18. The summed E-state index contributed by atoms with van der Waals surface area (Å²) in [6, 6.07) is 6.86. The molecule has 0 saturated carbocycles. The Balaban J connectivity index is 1.67. The summed E-state index contributed by atoms with van der Waals surface area (Å²) in [6.45, 7) is 4.73. The molecular weight excluding hydrogens is 362 g/mol. The smallest absolute Gasteiger partial charge is 0.326 e. The van der Waals surface area contributed by atoms with E-state index >= 15 is 0 Å². The summed E-state index contributed by atoms with van der Waals surface area (Å²) in [5, 5.41) is 7.36. The summed E-state index contributed by atoms with van der Waals surface area (Å²) >= 11 is 0. The zero-order valence-corrected chi connectivity index (χ0v) is 16.1. The molecule has 0 radical (unpaired) electrons. The van der Waals surface area contributed by atoms with Gasteiger partial charge in [0.05, 0.1) is 34.3 Å². The van der Waals surface area contributed by atoms with Crippen LogP contribution in [-0.2, 0) is 27.9 Å². The summed E-state index contributed by atoms with van der Waals surface area (Å²) < 4.78 is 7.99. The van der Waals surface area contributed by atoms with Crippen LogP contribution in [0.1, 0.15) is 18.3 Å². The minimum atomic E-state index is -1.03. The number of hydrogen-bond acceptors (Lipinski definition) is 6. The molecular formula is C19H21N5O4. The number of aryl methyl sites for hydroxylation is 2. The number of nitrogens with one attached hydrogen (secondary N) is 1. The summed E-state index contributed by atoms with van der Waals surface area (Å²) in [6.07, 6.45) is 0.259. The van der Waals surface area contributed by atoms with E-state index in [2.05, 4.69) is 15.4 Å². The van der Waals surface area contributed by atoms with Crippen LogP contribution in [0.25, 0.3) is 10.9 Å². The van der Waals surface area contributed by atoms with Crippen LogP contribution in [0.15, 0.2) is 35.4 Å². The lowest BCUT2D eigenvalue weighted by Crippen LogP contribution is -2.33. The zero-order chi connectivity index (χ0) is 20.4. The highest BCUT2D eigenvalue weighted by molar-refractivity contribution is 5.96. The summed E-state index contributed by atoms with van der Waals surface area (Å²) in [7, 11) is 1.77. The third-order valence-electron chi connectivity index (χ3n) is 4.47. The number of esters is 1. The van der Waals surface area contributed by atoms with E-state index in [1.54, 1.807) is 42.9 Å². The van der Waals surface area contributed by atoms with Crippen LogP contribution in [0, 0.1) is 13.8 Å². The number of carbonyl (C=O) groups is 2. The number of anilines is 1. The molecule has 3 rings (SSSR count). The van der Waals surface area contributed by atoms with Crippen LogP contribution in [0.3, 0.4) is 0 Å². The number of hydrogen-bond donors (Lipinski definition) is 1. The first-order chi connectivity index (χ1) is 13.3. The molecule has 2 aromatic heterocycles. The molecule has 0 bridgehead atoms. The molecule has 9 heteroatoms. The normalized spacial score (nSPS) is 12.0. The zero-order valence-electron chi connectivity index (χ0n) is 16.1. The van der Waals surface area contributed by atoms with Crippen molar-refractivity contribution in [3.63, 3.8) is 0 Å². The van der Waals surface area contributed by atoms with Gasteiger partial charge < -0.3 is 10.1 Å². The van der Waals surface area contributed by atoms with E-state index in [9.17, 15) is 14.4 Å². The van der Waals surface area contributed by atoms with Gasteiger partial charge in [0.1, 0.15) is 6.54 Å². The van der Waals surface area contributed by atoms with E-state index in [-0.39, 0.29) is 12.1 Å². The first kappa shape index (κ1) is 19.3. The second-order valence-electron chi connectivity index (χ2n) is 6.49. The molecule has 146 valence electrons. The van der Waals surface area contributed by atoms with Gasteiger partial charge in [0, 0.05) is 7.05 Å². The maximum atomic E-state index is 12.4. The Labute approximate surface area is 160 Å². The molecule has 1 aromatic carbocycles. The standard InChI is InChI=1S/C19H21N5O4/c1-11-17(12(2)23(4)22-11)21-18(26)13(3)28-16(25)9-24-10-20-15-8-6-5-7-14(15)19(24)27/h5-8,10,13H,9H2,1-4H3,(H,21,26)/t13-/m0/s1. The Hall–Kier alpha value is -3.49. The van der Waals surface area contributed by atoms with Crippen molar-refractivity contribution in [3.8, 4) is 0 Å². The van der Waals surface area contributed by atoms with E-state index < -0.39 is 18.0 Å². The van der Waals surface area contributed by atoms with Crippen molar-refractivity contribution >= 4 is 28.5 Å². The van der Waals surface area contributed by atoms with Crippen LogP contribution in [-0.4, -0.2) is 37.3 Å². The molecule has 0 unspecified atom stereocenters. The highest BCUT2D eigenvalue weighted by Gasteiger charge is 2.21. The van der Waals surface area contributed by atoms with Crippen molar-refractivity contribution in [2.45, 2.75) is 33.4 Å². The second kappa shape index (κ2) is 7.63. The lowest BCUT2D eigenvalue weighted by atomic mass is 10.2. The fourth-order valence-corrected chi connectivity index (χ4v) is 2.83. The van der Waals surface area contributed by atoms with Crippen molar-refractivity contribution in [1.29, 1.82) is 0 Å². The molecule has 3 aromatic rings. The van der Waals surface area contributed by atoms with Gasteiger partial charge in [0.15, 0.2) is 6.10 Å². The van der Waals surface area contributed by atoms with Gasteiger partial charge in [0.25, 0.3) is 11.5 Å². The number of carbonyl (C=O) groups excluding carboxylic acids is 2. The summed E-state index contributed by atoms with van der Waals surface area (Å²) in [5.74, 6) is -1.18. The SMILES string of the molecule is Cc1nn(C)c(C)c1NC(=O)[C@H](C)OC(=O)Cn1cnc2ccccc2c1=O. The first-order valence-electron chi connectivity index (χ1n) is 8.72. The van der Waals surface area contributed by atoms with Crippen molar-refractivity contribution < 1.29 is 14.3 Å². The number of aromatic nitrogens is 4. The molecule has 0 saturated heterocycles. The summed E-state index contributed by atoms with van der Waals surface area (Å²) in [4.78, 5) is 41.1. The fourth-order valence-electron chi connectivity index (χ4n) is 2.83. The molecule has 0 aliphatic carbocycles. The van der Waals surface area contributed by atoms with Crippen LogP contribution < -0.4 is 10.9 Å². The third kappa shape index (κ3) is 3.78. The molecule has 2 heterocycles. The molecule has 0 aliphatic rings. The maximum absolute atomic E-state index is 12.4. The Kier molecular flexibility index (Phi) is 5.25. The average molecular weight is 383 g/mol. The molecule has 9 nitrogen and oxygen atoms in total. The number of amides is 1. The van der Waals surface area contributed by atoms with Gasteiger partial charge in [-0.3, -0.25) is 23.6 Å². The lowest BCUT2D eigenvalue weighted by Gasteiger charge is -2.14. The van der Waals surface area contributed by atoms with E-state index in [0.717, 1.165) is 10.3 Å². The Morgan fingerprint density at radius 1 is 1.25 bits per heavy atom. The first-order valence-corrected chi connectivity index (χ1v) is 8.72. The Morgan fingerprint density at radius 3 is 2.64 bits per heavy atom. The number of fused-ring (bicyclic) bond motifs is 1. The molecule has 28 heavy (non-hydrogen) atoms. The molecule has 1 amide bonds. The van der Waals surface area contributed by atoms with Crippen LogP contribution in [0.4, 0.5) is 5.69 Å². The minimum Gasteiger partial charge on any atom is -0.451 e. The van der Waals surface area contributed by atoms with Gasteiger partial charge in [-0.2, -0.15) is 5.10 Å². The maximum Gasteiger partial charge on any atom is 0.326 e. The quantitative estimate of drug-likeness (QED) is 0.666. The molecule has 0 spiro atoms. The van der Waals surface area contributed by atoms with Gasteiger partial charge in [0.2, 0.25) is 0 Å². The molecule has 1 N–H and O–H groups in total. The molecule has 1 atom stereocenters. The van der Waals surface area contributed by atoms with Crippen LogP contribution >= 0.6 is 0 Å². The highest BCUT2D eigenvalue weighted by atomic mass is 16.5. The van der Waals surface area contributed by atoms with E-state index in [1.165, 1.54) is 13.3 Å². The van der Waals surface area contributed by atoms with Crippen molar-refractivity contribution in [2.24, 2.45) is 7.05 Å². The van der Waals surface area contributed by atoms with E-state index in [4.69, 9.17) is 4.74 Å². The van der Waals surface area contributed by atoms with Gasteiger partial charge in [-0.25, -0.2) is 4.98 Å². The monoisotopic (exact) mass is 383 g/mol. The summed E-state index contributed by atoms with van der Waals surface area (Å²) in [5.41, 5.74) is 2.25. The predicted molar refractivity (Wildman–Crippen MR) is 103 cm³/mol. The van der Waals surface area contributed by atoms with Gasteiger partial charge >= 0.3 is 5.97 Å². The van der Waals surface area contributed by atoms with Crippen LogP contribution in [0.2, 0.25) is 0 Å². The lowest BCUT2D eigenvalue weighted by molar-refractivity contribution is -0.153. The number of nitrogens with zero attached hydrogens (tertiary/aromatic N) is 4. The molecule has 0 fully saturated rings. The molecule has 0 aliphatic heterocycles. The van der Waals surface area contributed by atoms with Gasteiger partial charge in [-0.15, -0.1) is 0 Å². The fraction of sp³-hybridized carbons (Fsp3) is 0.316. The van der Waals surface area contributed by atoms with Gasteiger partial charge in [-0.05, 0) is 32.9 Å². The predicted octanol–water partition coefficient (Wildman–Crippen LogP) is 1.32. The van der Waals surface area contributed by atoms with Crippen LogP contribution in [0.5, 0.6) is 0 Å². The topological polar surface area (TPSA) is 108 Å². The number of para-hydroxylation sites is 1. The Morgan fingerprint density at radius 2 is 1.96 bits per heavy atom. The minimum absolute atomic E-state index is 0.334. The number of benzene rings is 1. The Bertz CT molecular complexity index is 1120. The van der Waals surface area contributed by atoms with Crippen molar-refractivity contribution in [1.82, 2.24) is 19.3 Å². The van der Waals surface area contributed by atoms with Crippen molar-refractivity contribution in [2.75, 3.05) is 5.32 Å².